The van der Waals surface area contributed by atoms with E-state index in [9.17, 15) is 0 Å². The van der Waals surface area contributed by atoms with Gasteiger partial charge in [-0.2, -0.15) is 5.10 Å². The van der Waals surface area contributed by atoms with Crippen LogP contribution in [0.3, 0.4) is 0 Å². The number of hydrogen-bond donors (Lipinski definition) is 2. The Labute approximate surface area is 90.4 Å². The zero-order valence-electron chi connectivity index (χ0n) is 9.04. The second-order valence-electron chi connectivity index (χ2n) is 4.04. The van der Waals surface area contributed by atoms with E-state index in [1.54, 1.807) is 6.20 Å². The first-order chi connectivity index (χ1) is 7.45. The second-order valence-corrected chi connectivity index (χ2v) is 4.04. The Balaban J connectivity index is 1.54. The van der Waals surface area contributed by atoms with E-state index in [0.29, 0.717) is 6.10 Å². The van der Waals surface area contributed by atoms with Crippen LogP contribution in [-0.2, 0) is 11.3 Å². The number of ether oxygens (including phenoxy) is 1. The van der Waals surface area contributed by atoms with E-state index in [-0.39, 0.29) is 0 Å². The zero-order valence-corrected chi connectivity index (χ0v) is 9.04. The summed E-state index contributed by atoms with van der Waals surface area (Å²) < 4.78 is 5.66. The number of nitrogens with one attached hydrogen (secondary N) is 2. The lowest BCUT2D eigenvalue weighted by molar-refractivity contribution is 0.0115. The molecule has 0 spiro atoms. The smallest absolute Gasteiger partial charge is 0.0587 e. The minimum absolute atomic E-state index is 0.480. The number of H-pyrrole nitrogens is 1. The number of hydrogen-bond acceptors (Lipinski definition) is 3. The Kier molecular flexibility index (Phi) is 4.17. The normalized spacial score (nSPS) is 21.7. The maximum atomic E-state index is 5.66. The Morgan fingerprint density at radius 2 is 2.53 bits per heavy atom. The van der Waals surface area contributed by atoms with Gasteiger partial charge in [-0.25, -0.2) is 0 Å². The fraction of sp³-hybridized carbons (Fsp3) is 0.727. The summed E-state index contributed by atoms with van der Waals surface area (Å²) in [5.41, 5.74) is 1.14. The minimum atomic E-state index is 0.480. The first-order valence-corrected chi connectivity index (χ1v) is 5.76. The van der Waals surface area contributed by atoms with Crippen molar-refractivity contribution in [3.8, 4) is 0 Å². The first kappa shape index (κ1) is 10.6. The average Bonchev–Trinajstić information content (AvgIpc) is 2.79. The molecule has 1 aliphatic rings. The molecule has 0 saturated carbocycles. The van der Waals surface area contributed by atoms with Crippen LogP contribution in [0.15, 0.2) is 12.3 Å². The molecule has 2 rings (SSSR count). The maximum absolute atomic E-state index is 5.66. The first-order valence-electron chi connectivity index (χ1n) is 5.76. The van der Waals surface area contributed by atoms with Crippen molar-refractivity contribution in [1.29, 1.82) is 0 Å². The third-order valence-electron chi connectivity index (χ3n) is 2.79. The molecule has 1 aromatic heterocycles. The molecule has 2 heterocycles. The summed E-state index contributed by atoms with van der Waals surface area (Å²) in [6.07, 6.45) is 7.16. The van der Waals surface area contributed by atoms with Gasteiger partial charge in [-0.3, -0.25) is 5.10 Å². The summed E-state index contributed by atoms with van der Waals surface area (Å²) in [7, 11) is 0. The van der Waals surface area contributed by atoms with Gasteiger partial charge in [0.1, 0.15) is 0 Å². The third kappa shape index (κ3) is 3.64. The van der Waals surface area contributed by atoms with Crippen LogP contribution in [0.5, 0.6) is 0 Å². The predicted octanol–water partition coefficient (Wildman–Crippen LogP) is 1.46. The van der Waals surface area contributed by atoms with Crippen molar-refractivity contribution in [2.45, 2.75) is 38.3 Å². The SMILES string of the molecule is c1cc(CNCCC2CCCCO2)[nH]n1. The Morgan fingerprint density at radius 3 is 3.27 bits per heavy atom. The Hall–Kier alpha value is -0.870. The van der Waals surface area contributed by atoms with Gasteiger partial charge in [0, 0.05) is 25.0 Å². The molecule has 84 valence electrons. The molecule has 1 aliphatic heterocycles. The van der Waals surface area contributed by atoms with Crippen molar-refractivity contribution in [3.05, 3.63) is 18.0 Å². The number of nitrogens with zero attached hydrogens (tertiary/aromatic N) is 1. The molecule has 1 aromatic rings. The molecule has 0 bridgehead atoms. The van der Waals surface area contributed by atoms with Crippen molar-refractivity contribution in [1.82, 2.24) is 15.5 Å². The average molecular weight is 209 g/mol. The maximum Gasteiger partial charge on any atom is 0.0587 e. The molecule has 0 aliphatic carbocycles. The summed E-state index contributed by atoms with van der Waals surface area (Å²) in [5.74, 6) is 0. The van der Waals surface area contributed by atoms with E-state index < -0.39 is 0 Å². The summed E-state index contributed by atoms with van der Waals surface area (Å²) in [6.45, 7) is 2.83. The van der Waals surface area contributed by atoms with Gasteiger partial charge in [0.15, 0.2) is 0 Å². The van der Waals surface area contributed by atoms with Crippen LogP contribution in [0.25, 0.3) is 0 Å². The van der Waals surface area contributed by atoms with Crippen LogP contribution in [0.2, 0.25) is 0 Å². The lowest BCUT2D eigenvalue weighted by Gasteiger charge is -2.22. The summed E-state index contributed by atoms with van der Waals surface area (Å²) in [6, 6.07) is 1.99. The van der Waals surface area contributed by atoms with Crippen LogP contribution >= 0.6 is 0 Å². The molecule has 15 heavy (non-hydrogen) atoms. The van der Waals surface area contributed by atoms with E-state index in [1.165, 1.54) is 19.3 Å². The monoisotopic (exact) mass is 209 g/mol. The largest absolute Gasteiger partial charge is 0.378 e. The molecule has 0 aromatic carbocycles. The number of rotatable bonds is 5. The molecule has 0 amide bonds. The lowest BCUT2D eigenvalue weighted by Crippen LogP contribution is -2.25. The van der Waals surface area contributed by atoms with Gasteiger partial charge < -0.3 is 10.1 Å². The molecule has 4 nitrogen and oxygen atoms in total. The fourth-order valence-electron chi connectivity index (χ4n) is 1.90. The van der Waals surface area contributed by atoms with Crippen LogP contribution in [0, 0.1) is 0 Å². The quantitative estimate of drug-likeness (QED) is 0.722. The highest BCUT2D eigenvalue weighted by Gasteiger charge is 2.12. The highest BCUT2D eigenvalue weighted by atomic mass is 16.5. The summed E-state index contributed by atoms with van der Waals surface area (Å²) in [4.78, 5) is 0. The third-order valence-corrected chi connectivity index (χ3v) is 2.79. The highest BCUT2D eigenvalue weighted by Crippen LogP contribution is 2.14. The van der Waals surface area contributed by atoms with Gasteiger partial charge in [0.05, 0.1) is 6.10 Å². The second kappa shape index (κ2) is 5.88. The van der Waals surface area contributed by atoms with Crippen LogP contribution in [0.1, 0.15) is 31.4 Å². The van der Waals surface area contributed by atoms with Crippen LogP contribution in [-0.4, -0.2) is 29.5 Å². The van der Waals surface area contributed by atoms with E-state index in [0.717, 1.165) is 31.8 Å². The van der Waals surface area contributed by atoms with Gasteiger partial charge in [-0.1, -0.05) is 0 Å². The summed E-state index contributed by atoms with van der Waals surface area (Å²) in [5, 5.41) is 10.2. The predicted molar refractivity (Wildman–Crippen MR) is 58.5 cm³/mol. The van der Waals surface area contributed by atoms with Crippen molar-refractivity contribution in [3.63, 3.8) is 0 Å². The zero-order chi connectivity index (χ0) is 10.3. The molecule has 1 unspecified atom stereocenters. The lowest BCUT2D eigenvalue weighted by atomic mass is 10.1. The summed E-state index contributed by atoms with van der Waals surface area (Å²) >= 11 is 0. The molecule has 1 saturated heterocycles. The number of aromatic amines is 1. The van der Waals surface area contributed by atoms with Crippen LogP contribution in [0.4, 0.5) is 0 Å². The fourth-order valence-corrected chi connectivity index (χ4v) is 1.90. The minimum Gasteiger partial charge on any atom is -0.378 e. The van der Waals surface area contributed by atoms with E-state index in [4.69, 9.17) is 4.74 Å². The van der Waals surface area contributed by atoms with Crippen LogP contribution < -0.4 is 5.32 Å². The van der Waals surface area contributed by atoms with Gasteiger partial charge >= 0.3 is 0 Å². The molecule has 1 fully saturated rings. The van der Waals surface area contributed by atoms with Gasteiger partial charge in [-0.15, -0.1) is 0 Å². The van der Waals surface area contributed by atoms with Crippen molar-refractivity contribution < 1.29 is 4.74 Å². The topological polar surface area (TPSA) is 49.9 Å². The van der Waals surface area contributed by atoms with Crippen molar-refractivity contribution in [2.75, 3.05) is 13.2 Å². The van der Waals surface area contributed by atoms with Crippen molar-refractivity contribution in [2.24, 2.45) is 0 Å². The molecule has 4 heteroatoms. The van der Waals surface area contributed by atoms with Gasteiger partial charge in [0.25, 0.3) is 0 Å². The van der Waals surface area contributed by atoms with E-state index >= 15 is 0 Å². The van der Waals surface area contributed by atoms with E-state index in [2.05, 4.69) is 15.5 Å². The number of aromatic nitrogens is 2. The van der Waals surface area contributed by atoms with Gasteiger partial charge in [-0.05, 0) is 38.3 Å². The molecule has 1 atom stereocenters. The highest BCUT2D eigenvalue weighted by molar-refractivity contribution is 4.96. The van der Waals surface area contributed by atoms with Gasteiger partial charge in [0.2, 0.25) is 0 Å². The molecular weight excluding hydrogens is 190 g/mol. The standard InChI is InChI=1S/C11H19N3O/c1-2-8-15-11(3-1)5-6-12-9-10-4-7-13-14-10/h4,7,11-12H,1-3,5-6,8-9H2,(H,13,14). The Bertz CT molecular complexity index is 255. The molecular formula is C11H19N3O. The Morgan fingerprint density at radius 1 is 1.53 bits per heavy atom. The van der Waals surface area contributed by atoms with E-state index in [1.807, 2.05) is 6.07 Å². The molecule has 2 N–H and O–H groups in total. The molecule has 0 radical (unpaired) electrons. The van der Waals surface area contributed by atoms with Crippen molar-refractivity contribution >= 4 is 0 Å².